The average molecular weight is 431 g/mol. The lowest BCUT2D eigenvalue weighted by Gasteiger charge is -2.22. The minimum atomic E-state index is -0.0443. The highest BCUT2D eigenvalue weighted by Gasteiger charge is 2.21. The number of amides is 1. The van der Waals surface area contributed by atoms with E-state index in [-0.39, 0.29) is 11.8 Å². The van der Waals surface area contributed by atoms with E-state index in [1.165, 1.54) is 6.20 Å². The predicted molar refractivity (Wildman–Crippen MR) is 117 cm³/mol. The summed E-state index contributed by atoms with van der Waals surface area (Å²) in [4.78, 5) is 16.8. The maximum Gasteiger partial charge on any atom is 0.229 e. The van der Waals surface area contributed by atoms with E-state index in [1.807, 2.05) is 6.07 Å². The molecule has 0 bridgehead atoms. The Balaban J connectivity index is 1.45. The Labute approximate surface area is 181 Å². The van der Waals surface area contributed by atoms with Crippen LogP contribution in [0.3, 0.4) is 0 Å². The maximum atomic E-state index is 12.5. The van der Waals surface area contributed by atoms with Crippen molar-refractivity contribution in [1.82, 2.24) is 20.5 Å². The molecule has 0 aromatic carbocycles. The number of anilines is 2. The second-order valence-electron chi connectivity index (χ2n) is 7.85. The van der Waals surface area contributed by atoms with E-state index in [0.717, 1.165) is 57.7 Å². The molecule has 1 atom stereocenters. The van der Waals surface area contributed by atoms with Crippen molar-refractivity contribution in [3.05, 3.63) is 29.5 Å². The van der Waals surface area contributed by atoms with Crippen LogP contribution in [-0.2, 0) is 9.53 Å². The Morgan fingerprint density at radius 3 is 2.90 bits per heavy atom. The summed E-state index contributed by atoms with van der Waals surface area (Å²) < 4.78 is 5.42. The van der Waals surface area contributed by atoms with Gasteiger partial charge in [-0.25, -0.2) is 4.98 Å². The molecule has 4 heterocycles. The van der Waals surface area contributed by atoms with Gasteiger partial charge in [0.25, 0.3) is 0 Å². The molecule has 2 aromatic rings. The SMILES string of the molecule is O=C(Nc1cc(-c2cc(NCC3CCOCC3)cnn2)c(Cl)cn1)C1CCCNC1. The topological polar surface area (TPSA) is 101 Å². The fourth-order valence-electron chi connectivity index (χ4n) is 3.81. The molecule has 1 unspecified atom stereocenters. The van der Waals surface area contributed by atoms with Crippen molar-refractivity contribution >= 4 is 29.0 Å². The van der Waals surface area contributed by atoms with Crippen LogP contribution in [0.2, 0.25) is 5.02 Å². The van der Waals surface area contributed by atoms with E-state index in [0.29, 0.717) is 34.6 Å². The molecule has 4 rings (SSSR count). The molecule has 2 saturated heterocycles. The number of piperidine rings is 1. The summed E-state index contributed by atoms with van der Waals surface area (Å²) in [6.07, 6.45) is 7.25. The lowest BCUT2D eigenvalue weighted by molar-refractivity contribution is -0.120. The van der Waals surface area contributed by atoms with Crippen LogP contribution >= 0.6 is 11.6 Å². The number of hydrogen-bond acceptors (Lipinski definition) is 7. The third-order valence-electron chi connectivity index (χ3n) is 5.64. The first kappa shape index (κ1) is 21.0. The van der Waals surface area contributed by atoms with Gasteiger partial charge in [-0.05, 0) is 50.3 Å². The number of carbonyl (C=O) groups excluding carboxylic acids is 1. The van der Waals surface area contributed by atoms with Crippen molar-refractivity contribution in [2.75, 3.05) is 43.5 Å². The molecular weight excluding hydrogens is 404 g/mol. The van der Waals surface area contributed by atoms with E-state index >= 15 is 0 Å². The lowest BCUT2D eigenvalue weighted by atomic mass is 9.99. The number of aromatic nitrogens is 3. The van der Waals surface area contributed by atoms with Gasteiger partial charge in [0, 0.05) is 38.1 Å². The monoisotopic (exact) mass is 430 g/mol. The summed E-state index contributed by atoms with van der Waals surface area (Å²) in [5.74, 6) is 0.987. The van der Waals surface area contributed by atoms with Crippen LogP contribution in [0, 0.1) is 11.8 Å². The van der Waals surface area contributed by atoms with Gasteiger partial charge < -0.3 is 20.7 Å². The molecule has 8 nitrogen and oxygen atoms in total. The molecule has 1 amide bonds. The summed E-state index contributed by atoms with van der Waals surface area (Å²) in [6, 6.07) is 3.67. The van der Waals surface area contributed by atoms with Crippen LogP contribution in [0.4, 0.5) is 11.5 Å². The number of rotatable bonds is 6. The second kappa shape index (κ2) is 10.1. The molecule has 2 aromatic heterocycles. The Morgan fingerprint density at radius 1 is 1.23 bits per heavy atom. The zero-order chi connectivity index (χ0) is 20.8. The minimum Gasteiger partial charge on any atom is -0.383 e. The van der Waals surface area contributed by atoms with E-state index in [1.54, 1.807) is 12.3 Å². The fourth-order valence-corrected chi connectivity index (χ4v) is 4.02. The minimum absolute atomic E-state index is 0.0269. The van der Waals surface area contributed by atoms with Crippen molar-refractivity contribution in [3.63, 3.8) is 0 Å². The quantitative estimate of drug-likeness (QED) is 0.647. The molecule has 2 aliphatic rings. The number of nitrogens with zero attached hydrogens (tertiary/aromatic N) is 3. The van der Waals surface area contributed by atoms with E-state index in [9.17, 15) is 4.79 Å². The molecule has 0 aliphatic carbocycles. The van der Waals surface area contributed by atoms with Gasteiger partial charge in [-0.1, -0.05) is 11.6 Å². The standard InChI is InChI=1S/C21H27ClN6O2/c22-18-13-25-20(27-21(29)15-2-1-5-23-11-15)9-17(18)19-8-16(12-26-28-19)24-10-14-3-6-30-7-4-14/h8-9,12-15,23H,1-7,10-11H2,(H,24,28)(H,25,27,29). The summed E-state index contributed by atoms with van der Waals surface area (Å²) in [5.41, 5.74) is 2.21. The third-order valence-corrected chi connectivity index (χ3v) is 5.94. The third kappa shape index (κ3) is 5.44. The second-order valence-corrected chi connectivity index (χ2v) is 8.26. The molecule has 3 N–H and O–H groups in total. The first-order valence-corrected chi connectivity index (χ1v) is 10.9. The smallest absolute Gasteiger partial charge is 0.229 e. The molecule has 9 heteroatoms. The average Bonchev–Trinajstić information content (AvgIpc) is 2.80. The van der Waals surface area contributed by atoms with Gasteiger partial charge in [-0.3, -0.25) is 4.79 Å². The van der Waals surface area contributed by atoms with Crippen molar-refractivity contribution in [2.24, 2.45) is 11.8 Å². The van der Waals surface area contributed by atoms with E-state index < -0.39 is 0 Å². The largest absolute Gasteiger partial charge is 0.383 e. The maximum absolute atomic E-state index is 12.5. The Hall–Kier alpha value is -2.29. The number of pyridine rings is 1. The molecule has 2 fully saturated rings. The highest BCUT2D eigenvalue weighted by Crippen LogP contribution is 2.29. The van der Waals surface area contributed by atoms with Crippen LogP contribution in [0.1, 0.15) is 25.7 Å². The van der Waals surface area contributed by atoms with Gasteiger partial charge in [0.2, 0.25) is 5.91 Å². The first-order chi connectivity index (χ1) is 14.7. The zero-order valence-corrected chi connectivity index (χ0v) is 17.6. The van der Waals surface area contributed by atoms with Gasteiger partial charge in [-0.15, -0.1) is 0 Å². The summed E-state index contributed by atoms with van der Waals surface area (Å²) >= 11 is 6.38. The first-order valence-electron chi connectivity index (χ1n) is 10.5. The lowest BCUT2D eigenvalue weighted by Crippen LogP contribution is -2.37. The highest BCUT2D eigenvalue weighted by atomic mass is 35.5. The Bertz CT molecular complexity index is 868. The molecule has 30 heavy (non-hydrogen) atoms. The fraction of sp³-hybridized carbons (Fsp3) is 0.524. The molecule has 2 aliphatic heterocycles. The summed E-state index contributed by atoms with van der Waals surface area (Å²) in [7, 11) is 0. The van der Waals surface area contributed by atoms with Crippen LogP contribution in [-0.4, -0.2) is 53.9 Å². The van der Waals surface area contributed by atoms with Gasteiger partial charge >= 0.3 is 0 Å². The van der Waals surface area contributed by atoms with Crippen LogP contribution in [0.15, 0.2) is 24.5 Å². The van der Waals surface area contributed by atoms with Crippen LogP contribution in [0.5, 0.6) is 0 Å². The van der Waals surface area contributed by atoms with E-state index in [2.05, 4.69) is 31.1 Å². The van der Waals surface area contributed by atoms with Crippen molar-refractivity contribution < 1.29 is 9.53 Å². The molecule has 0 saturated carbocycles. The molecule has 0 spiro atoms. The number of halogens is 1. The van der Waals surface area contributed by atoms with Crippen molar-refractivity contribution in [3.8, 4) is 11.3 Å². The molecule has 160 valence electrons. The predicted octanol–water partition coefficient (Wildman–Crippen LogP) is 2.97. The van der Waals surface area contributed by atoms with Crippen molar-refractivity contribution in [1.29, 1.82) is 0 Å². The summed E-state index contributed by atoms with van der Waals surface area (Å²) in [6.45, 7) is 4.17. The van der Waals surface area contributed by atoms with Gasteiger partial charge in [0.1, 0.15) is 5.82 Å². The number of ether oxygens (including phenoxy) is 1. The molecule has 0 radical (unpaired) electrons. The van der Waals surface area contributed by atoms with Gasteiger partial charge in [0.15, 0.2) is 0 Å². The highest BCUT2D eigenvalue weighted by molar-refractivity contribution is 6.33. The summed E-state index contributed by atoms with van der Waals surface area (Å²) in [5, 5.41) is 18.4. The van der Waals surface area contributed by atoms with E-state index in [4.69, 9.17) is 16.3 Å². The Kier molecular flexibility index (Phi) is 7.09. The van der Waals surface area contributed by atoms with Gasteiger partial charge in [-0.2, -0.15) is 10.2 Å². The zero-order valence-electron chi connectivity index (χ0n) is 16.9. The van der Waals surface area contributed by atoms with Gasteiger partial charge in [0.05, 0.1) is 28.5 Å². The van der Waals surface area contributed by atoms with Crippen LogP contribution in [0.25, 0.3) is 11.3 Å². The van der Waals surface area contributed by atoms with Crippen molar-refractivity contribution in [2.45, 2.75) is 25.7 Å². The molecular formula is C21H27ClN6O2. The number of carbonyl (C=O) groups is 1. The normalized spacial score (nSPS) is 20.0. The number of hydrogen-bond donors (Lipinski definition) is 3. The number of nitrogens with one attached hydrogen (secondary N) is 3. The van der Waals surface area contributed by atoms with Crippen LogP contribution < -0.4 is 16.0 Å². The Morgan fingerprint density at radius 2 is 2.10 bits per heavy atom.